The first kappa shape index (κ1) is 19.1. The van der Waals surface area contributed by atoms with Crippen molar-refractivity contribution in [1.29, 1.82) is 0 Å². The molecule has 4 nitrogen and oxygen atoms in total. The maximum absolute atomic E-state index is 13.2. The van der Waals surface area contributed by atoms with Crippen LogP contribution in [-0.4, -0.2) is 29.1 Å². The second-order valence-corrected chi connectivity index (χ2v) is 7.35. The van der Waals surface area contributed by atoms with E-state index in [9.17, 15) is 14.3 Å². The maximum atomic E-state index is 13.2. The fourth-order valence-corrected chi connectivity index (χ4v) is 4.29. The van der Waals surface area contributed by atoms with Crippen LogP contribution in [0.15, 0.2) is 60.8 Å². The highest BCUT2D eigenvalue weighted by Crippen LogP contribution is 2.37. The molecule has 5 heteroatoms. The minimum absolute atomic E-state index is 0.100. The first-order chi connectivity index (χ1) is 14.1. The van der Waals surface area contributed by atoms with Gasteiger partial charge in [-0.2, -0.15) is 0 Å². The monoisotopic (exact) mass is 390 g/mol. The number of benzene rings is 2. The predicted molar refractivity (Wildman–Crippen MR) is 112 cm³/mol. The molecule has 0 radical (unpaired) electrons. The van der Waals surface area contributed by atoms with Gasteiger partial charge in [-0.25, -0.2) is 14.2 Å². The van der Waals surface area contributed by atoms with E-state index < -0.39 is 5.97 Å². The van der Waals surface area contributed by atoms with Crippen molar-refractivity contribution >= 4 is 11.8 Å². The average molecular weight is 390 g/mol. The third-order valence-electron chi connectivity index (χ3n) is 5.66. The van der Waals surface area contributed by atoms with E-state index in [0.29, 0.717) is 18.5 Å². The van der Waals surface area contributed by atoms with E-state index in [1.165, 1.54) is 12.3 Å². The van der Waals surface area contributed by atoms with E-state index in [1.807, 2.05) is 43.3 Å². The molecule has 1 aliphatic heterocycles. The Balaban J connectivity index is 1.71. The van der Waals surface area contributed by atoms with Gasteiger partial charge >= 0.3 is 5.97 Å². The molecule has 1 saturated heterocycles. The Kier molecular flexibility index (Phi) is 5.30. The number of anilines is 1. The predicted octanol–water partition coefficient (Wildman–Crippen LogP) is 5.14. The number of rotatable bonds is 5. The number of hydrogen-bond acceptors (Lipinski definition) is 3. The maximum Gasteiger partial charge on any atom is 0.336 e. The van der Waals surface area contributed by atoms with Crippen molar-refractivity contribution in [2.75, 3.05) is 18.0 Å². The van der Waals surface area contributed by atoms with Gasteiger partial charge in [0.1, 0.15) is 11.6 Å². The van der Waals surface area contributed by atoms with Gasteiger partial charge in [-0.15, -0.1) is 0 Å². The normalized spacial score (nSPS) is 16.2. The number of nitrogens with zero attached hydrogens (tertiary/aromatic N) is 2. The summed E-state index contributed by atoms with van der Waals surface area (Å²) in [5.74, 6) is -0.416. The lowest BCUT2D eigenvalue weighted by atomic mass is 9.85. The van der Waals surface area contributed by atoms with Crippen molar-refractivity contribution in [1.82, 2.24) is 4.98 Å². The van der Waals surface area contributed by atoms with Crippen LogP contribution in [0.4, 0.5) is 10.2 Å². The topological polar surface area (TPSA) is 53.4 Å². The van der Waals surface area contributed by atoms with Gasteiger partial charge in [-0.1, -0.05) is 49.4 Å². The molecule has 1 aliphatic rings. The van der Waals surface area contributed by atoms with Crippen LogP contribution in [0.3, 0.4) is 0 Å². The zero-order chi connectivity index (χ0) is 20.4. The van der Waals surface area contributed by atoms with Crippen molar-refractivity contribution in [3.05, 3.63) is 83.3 Å². The lowest BCUT2D eigenvalue weighted by molar-refractivity contribution is 0.0694. The summed E-state index contributed by atoms with van der Waals surface area (Å²) in [5, 5.41) is 10.1. The number of carboxylic acids is 1. The molecule has 1 fully saturated rings. The molecule has 0 amide bonds. The van der Waals surface area contributed by atoms with Crippen LogP contribution in [0.2, 0.25) is 0 Å². The van der Waals surface area contributed by atoms with Gasteiger partial charge in [0.25, 0.3) is 0 Å². The second kappa shape index (κ2) is 8.03. The average Bonchev–Trinajstić information content (AvgIpc) is 3.23. The molecule has 0 bridgehead atoms. The van der Waals surface area contributed by atoms with Gasteiger partial charge in [0.15, 0.2) is 0 Å². The SMILES string of the molecule is CCc1c(-c2ccccc2)ccc(C2CCN(c3ccc(F)cn3)C2)c1C(=O)O. The van der Waals surface area contributed by atoms with Gasteiger partial charge in [-0.3, -0.25) is 0 Å². The molecule has 0 aliphatic carbocycles. The first-order valence-corrected chi connectivity index (χ1v) is 9.89. The van der Waals surface area contributed by atoms with Crippen LogP contribution in [0, 0.1) is 5.82 Å². The summed E-state index contributed by atoms with van der Waals surface area (Å²) in [6.45, 7) is 3.44. The number of carboxylic acid groups (broad SMARTS) is 1. The summed E-state index contributed by atoms with van der Waals surface area (Å²) in [5.41, 5.74) is 4.18. The molecule has 2 heterocycles. The first-order valence-electron chi connectivity index (χ1n) is 9.89. The third-order valence-corrected chi connectivity index (χ3v) is 5.66. The summed E-state index contributed by atoms with van der Waals surface area (Å²) < 4.78 is 13.2. The summed E-state index contributed by atoms with van der Waals surface area (Å²) >= 11 is 0. The molecular formula is C24H23FN2O2. The molecule has 1 unspecified atom stereocenters. The quantitative estimate of drug-likeness (QED) is 0.655. The number of halogens is 1. The molecule has 1 N–H and O–H groups in total. The van der Waals surface area contributed by atoms with Crippen molar-refractivity contribution in [2.45, 2.75) is 25.7 Å². The van der Waals surface area contributed by atoms with Crippen LogP contribution in [0.25, 0.3) is 11.1 Å². The zero-order valence-electron chi connectivity index (χ0n) is 16.3. The van der Waals surface area contributed by atoms with Crippen LogP contribution in [0.1, 0.15) is 40.7 Å². The van der Waals surface area contributed by atoms with E-state index >= 15 is 0 Å². The summed E-state index contributed by atoms with van der Waals surface area (Å²) in [6, 6.07) is 17.0. The number of carbonyl (C=O) groups is 1. The lowest BCUT2D eigenvalue weighted by Crippen LogP contribution is -2.21. The van der Waals surface area contributed by atoms with E-state index in [2.05, 4.69) is 16.0 Å². The highest BCUT2D eigenvalue weighted by molar-refractivity contribution is 5.94. The van der Waals surface area contributed by atoms with Gasteiger partial charge in [0.2, 0.25) is 0 Å². The Labute approximate surface area is 169 Å². The Morgan fingerprint density at radius 1 is 1.17 bits per heavy atom. The fraction of sp³-hybridized carbons (Fsp3) is 0.250. The highest BCUT2D eigenvalue weighted by Gasteiger charge is 2.30. The van der Waals surface area contributed by atoms with Crippen LogP contribution in [0.5, 0.6) is 0 Å². The summed E-state index contributed by atoms with van der Waals surface area (Å²) in [4.78, 5) is 18.5. The minimum Gasteiger partial charge on any atom is -0.478 e. The van der Waals surface area contributed by atoms with Crippen molar-refractivity contribution in [3.8, 4) is 11.1 Å². The van der Waals surface area contributed by atoms with Crippen LogP contribution in [-0.2, 0) is 6.42 Å². The molecule has 148 valence electrons. The molecule has 4 rings (SSSR count). The Morgan fingerprint density at radius 3 is 2.62 bits per heavy atom. The summed E-state index contributed by atoms with van der Waals surface area (Å²) in [7, 11) is 0. The fourth-order valence-electron chi connectivity index (χ4n) is 4.29. The zero-order valence-corrected chi connectivity index (χ0v) is 16.3. The molecule has 0 spiro atoms. The Hall–Kier alpha value is -3.21. The van der Waals surface area contributed by atoms with Gasteiger partial charge in [0.05, 0.1) is 11.8 Å². The number of aromatic carboxylic acids is 1. The third kappa shape index (κ3) is 3.73. The minimum atomic E-state index is -0.881. The Morgan fingerprint density at radius 2 is 1.97 bits per heavy atom. The molecule has 1 aromatic heterocycles. The van der Waals surface area contributed by atoms with E-state index in [-0.39, 0.29) is 11.7 Å². The smallest absolute Gasteiger partial charge is 0.336 e. The van der Waals surface area contributed by atoms with Gasteiger partial charge in [0, 0.05) is 19.0 Å². The molecule has 2 aromatic carbocycles. The number of aromatic nitrogens is 1. The Bertz CT molecular complexity index is 1020. The van der Waals surface area contributed by atoms with Crippen LogP contribution >= 0.6 is 0 Å². The number of hydrogen-bond donors (Lipinski definition) is 1. The van der Waals surface area contributed by atoms with Crippen molar-refractivity contribution in [3.63, 3.8) is 0 Å². The van der Waals surface area contributed by atoms with E-state index in [1.54, 1.807) is 6.07 Å². The molecule has 29 heavy (non-hydrogen) atoms. The standard InChI is InChI=1S/C24H23FN2O2/c1-2-19-20(16-6-4-3-5-7-16)9-10-21(23(19)24(28)29)17-12-13-27(15-17)22-11-8-18(25)14-26-22/h3-11,14,17H,2,12-13,15H2,1H3,(H,28,29). The molecule has 0 saturated carbocycles. The summed E-state index contributed by atoms with van der Waals surface area (Å²) in [6.07, 6.45) is 2.71. The van der Waals surface area contributed by atoms with E-state index in [0.717, 1.165) is 41.0 Å². The largest absolute Gasteiger partial charge is 0.478 e. The van der Waals surface area contributed by atoms with Crippen molar-refractivity contribution < 1.29 is 14.3 Å². The lowest BCUT2D eigenvalue weighted by Gasteiger charge is -2.21. The van der Waals surface area contributed by atoms with Crippen LogP contribution < -0.4 is 4.90 Å². The highest BCUT2D eigenvalue weighted by atomic mass is 19.1. The van der Waals surface area contributed by atoms with E-state index in [4.69, 9.17) is 0 Å². The second-order valence-electron chi connectivity index (χ2n) is 7.35. The van der Waals surface area contributed by atoms with Crippen molar-refractivity contribution in [2.24, 2.45) is 0 Å². The molecule has 1 atom stereocenters. The van der Waals surface area contributed by atoms with Gasteiger partial charge in [-0.05, 0) is 47.2 Å². The van der Waals surface area contributed by atoms with Gasteiger partial charge < -0.3 is 10.0 Å². The number of pyridine rings is 1. The molecular weight excluding hydrogens is 367 g/mol. The molecule has 3 aromatic rings.